The smallest absolute Gasteiger partial charge is 0.243 e. The molecular weight excluding hydrogens is 523 g/mol. The summed E-state index contributed by atoms with van der Waals surface area (Å²) in [4.78, 5) is 30.1. The molecule has 37 heavy (non-hydrogen) atoms. The van der Waals surface area contributed by atoms with E-state index in [2.05, 4.69) is 36.5 Å². The van der Waals surface area contributed by atoms with Gasteiger partial charge in [-0.1, -0.05) is 84.2 Å². The summed E-state index contributed by atoms with van der Waals surface area (Å²) in [5, 5.41) is 3.97. The molecule has 0 bridgehead atoms. The molecule has 0 spiro atoms. The Morgan fingerprint density at radius 2 is 1.65 bits per heavy atom. The van der Waals surface area contributed by atoms with Crippen LogP contribution in [-0.4, -0.2) is 34.6 Å². The first kappa shape index (κ1) is 29.1. The van der Waals surface area contributed by atoms with E-state index >= 15 is 0 Å². The molecule has 3 aromatic rings. The lowest BCUT2D eigenvalue weighted by Crippen LogP contribution is -2.52. The van der Waals surface area contributed by atoms with Gasteiger partial charge in [0.25, 0.3) is 0 Å². The van der Waals surface area contributed by atoms with Gasteiger partial charge in [0.1, 0.15) is 6.04 Å². The van der Waals surface area contributed by atoms with Gasteiger partial charge in [-0.15, -0.1) is 11.8 Å². The third-order valence-corrected chi connectivity index (χ3v) is 7.97. The first-order valence-electron chi connectivity index (χ1n) is 12.5. The summed E-state index contributed by atoms with van der Waals surface area (Å²) in [6, 6.07) is 22.7. The van der Waals surface area contributed by atoms with E-state index in [1.165, 1.54) is 5.56 Å². The van der Waals surface area contributed by atoms with E-state index < -0.39 is 6.04 Å². The minimum absolute atomic E-state index is 0.00444. The number of carbonyl (C=O) groups is 2. The topological polar surface area (TPSA) is 49.4 Å². The van der Waals surface area contributed by atoms with Gasteiger partial charge in [-0.05, 0) is 55.7 Å². The van der Waals surface area contributed by atoms with Crippen LogP contribution >= 0.6 is 35.0 Å². The molecule has 2 amide bonds. The van der Waals surface area contributed by atoms with Crippen molar-refractivity contribution in [2.75, 3.05) is 5.75 Å². The fourth-order valence-corrected chi connectivity index (χ4v) is 5.03. The molecule has 7 heteroatoms. The summed E-state index contributed by atoms with van der Waals surface area (Å²) < 4.78 is 0. The molecule has 0 saturated heterocycles. The molecule has 3 rings (SSSR count). The molecule has 0 aliphatic carbocycles. The van der Waals surface area contributed by atoms with Gasteiger partial charge in [-0.25, -0.2) is 0 Å². The SMILES string of the molecule is CC[C@H](C)NC(=O)[C@@H](Cc1ccccc1)N(Cc1ccc(Cl)c(Cl)c1)C(=O)CCSc1ccc(C)cc1. The lowest BCUT2D eigenvalue weighted by Gasteiger charge is -2.32. The van der Waals surface area contributed by atoms with Gasteiger partial charge in [0.05, 0.1) is 10.0 Å². The predicted octanol–water partition coefficient (Wildman–Crippen LogP) is 7.34. The summed E-state index contributed by atoms with van der Waals surface area (Å²) in [6.45, 7) is 6.31. The molecule has 0 aliphatic rings. The average molecular weight is 558 g/mol. The van der Waals surface area contributed by atoms with Crippen LogP contribution in [0.1, 0.15) is 43.4 Å². The van der Waals surface area contributed by atoms with Crippen LogP contribution in [-0.2, 0) is 22.6 Å². The van der Waals surface area contributed by atoms with Gasteiger partial charge in [0.2, 0.25) is 11.8 Å². The van der Waals surface area contributed by atoms with Crippen molar-refractivity contribution in [2.45, 2.75) is 63.6 Å². The highest BCUT2D eigenvalue weighted by Gasteiger charge is 2.30. The molecule has 0 fully saturated rings. The molecule has 0 aromatic heterocycles. The Morgan fingerprint density at radius 3 is 2.30 bits per heavy atom. The van der Waals surface area contributed by atoms with Gasteiger partial charge in [-0.3, -0.25) is 9.59 Å². The van der Waals surface area contributed by atoms with E-state index in [0.29, 0.717) is 28.6 Å². The van der Waals surface area contributed by atoms with E-state index in [4.69, 9.17) is 23.2 Å². The molecule has 196 valence electrons. The number of carbonyl (C=O) groups excluding carboxylic acids is 2. The van der Waals surface area contributed by atoms with Crippen LogP contribution in [0.5, 0.6) is 0 Å². The van der Waals surface area contributed by atoms with Crippen molar-refractivity contribution < 1.29 is 9.59 Å². The fourth-order valence-electron chi connectivity index (χ4n) is 3.86. The predicted molar refractivity (Wildman–Crippen MR) is 155 cm³/mol. The van der Waals surface area contributed by atoms with Gasteiger partial charge in [-0.2, -0.15) is 0 Å². The van der Waals surface area contributed by atoms with Gasteiger partial charge >= 0.3 is 0 Å². The second kappa shape index (κ2) is 14.5. The first-order valence-corrected chi connectivity index (χ1v) is 14.3. The number of halogens is 2. The largest absolute Gasteiger partial charge is 0.352 e. The number of amides is 2. The molecule has 0 aliphatic heterocycles. The monoisotopic (exact) mass is 556 g/mol. The molecule has 0 heterocycles. The number of thioether (sulfide) groups is 1. The number of nitrogens with one attached hydrogen (secondary N) is 1. The van der Waals surface area contributed by atoms with E-state index in [1.54, 1.807) is 28.8 Å². The maximum Gasteiger partial charge on any atom is 0.243 e. The van der Waals surface area contributed by atoms with Crippen LogP contribution in [0.4, 0.5) is 0 Å². The Bertz CT molecular complexity index is 1170. The minimum Gasteiger partial charge on any atom is -0.352 e. The van der Waals surface area contributed by atoms with Crippen LogP contribution in [0.3, 0.4) is 0 Å². The first-order chi connectivity index (χ1) is 17.8. The van der Waals surface area contributed by atoms with E-state index in [0.717, 1.165) is 22.4 Å². The molecule has 2 atom stereocenters. The Hall–Kier alpha value is -2.47. The summed E-state index contributed by atoms with van der Waals surface area (Å²) in [5.74, 6) is 0.383. The molecule has 0 unspecified atom stereocenters. The third-order valence-electron chi connectivity index (χ3n) is 6.21. The highest BCUT2D eigenvalue weighted by Crippen LogP contribution is 2.25. The van der Waals surface area contributed by atoms with Crippen molar-refractivity contribution in [3.05, 3.63) is 99.5 Å². The van der Waals surface area contributed by atoms with Crippen molar-refractivity contribution in [1.29, 1.82) is 0 Å². The van der Waals surface area contributed by atoms with Gasteiger partial charge in [0.15, 0.2) is 0 Å². The fraction of sp³-hybridized carbons (Fsp3) is 0.333. The zero-order chi connectivity index (χ0) is 26.8. The Labute approximate surface area is 234 Å². The van der Waals surface area contributed by atoms with E-state index in [9.17, 15) is 9.59 Å². The summed E-state index contributed by atoms with van der Waals surface area (Å²) in [6.07, 6.45) is 1.53. The Morgan fingerprint density at radius 1 is 0.946 bits per heavy atom. The normalized spacial score (nSPS) is 12.6. The number of hydrogen-bond donors (Lipinski definition) is 1. The lowest BCUT2D eigenvalue weighted by atomic mass is 10.0. The minimum atomic E-state index is -0.664. The third kappa shape index (κ3) is 9.10. The van der Waals surface area contributed by atoms with Gasteiger partial charge < -0.3 is 10.2 Å². The van der Waals surface area contributed by atoms with Crippen molar-refractivity contribution in [2.24, 2.45) is 0 Å². The highest BCUT2D eigenvalue weighted by atomic mass is 35.5. The molecule has 4 nitrogen and oxygen atoms in total. The molecule has 0 saturated carbocycles. The Kier molecular flexibility index (Phi) is 11.4. The van der Waals surface area contributed by atoms with Crippen LogP contribution in [0.2, 0.25) is 10.0 Å². The molecule has 0 radical (unpaired) electrons. The molecular formula is C30H34Cl2N2O2S. The summed E-state index contributed by atoms with van der Waals surface area (Å²) >= 11 is 14.0. The molecule has 3 aromatic carbocycles. The summed E-state index contributed by atoms with van der Waals surface area (Å²) in [5.41, 5.74) is 3.01. The zero-order valence-electron chi connectivity index (χ0n) is 21.5. The van der Waals surface area contributed by atoms with Crippen LogP contribution in [0, 0.1) is 6.92 Å². The number of nitrogens with zero attached hydrogens (tertiary/aromatic N) is 1. The maximum absolute atomic E-state index is 13.7. The van der Waals surface area contributed by atoms with Crippen LogP contribution in [0.25, 0.3) is 0 Å². The highest BCUT2D eigenvalue weighted by molar-refractivity contribution is 7.99. The standard InChI is InChI=1S/C30H34Cl2N2O2S/c1-4-22(3)33-30(36)28(19-23-8-6-5-7-9-23)34(20-24-12-15-26(31)27(32)18-24)29(35)16-17-37-25-13-10-21(2)11-14-25/h5-15,18,22,28H,4,16-17,19-20H2,1-3H3,(H,33,36)/t22-,28+/m0/s1. The number of hydrogen-bond acceptors (Lipinski definition) is 3. The zero-order valence-corrected chi connectivity index (χ0v) is 23.9. The summed E-state index contributed by atoms with van der Waals surface area (Å²) in [7, 11) is 0. The average Bonchev–Trinajstić information content (AvgIpc) is 2.89. The van der Waals surface area contributed by atoms with Crippen molar-refractivity contribution in [3.63, 3.8) is 0 Å². The van der Waals surface area contributed by atoms with Crippen LogP contribution in [0.15, 0.2) is 77.7 Å². The van der Waals surface area contributed by atoms with E-state index in [1.807, 2.05) is 50.2 Å². The Balaban J connectivity index is 1.87. The molecule has 1 N–H and O–H groups in total. The van der Waals surface area contributed by atoms with Crippen molar-refractivity contribution >= 4 is 46.8 Å². The second-order valence-corrected chi connectivity index (χ2v) is 11.2. The number of rotatable bonds is 12. The quantitative estimate of drug-likeness (QED) is 0.237. The number of aryl methyl sites for hydroxylation is 1. The van der Waals surface area contributed by atoms with Crippen molar-refractivity contribution in [1.82, 2.24) is 10.2 Å². The van der Waals surface area contributed by atoms with Crippen LogP contribution < -0.4 is 5.32 Å². The van der Waals surface area contributed by atoms with E-state index in [-0.39, 0.29) is 24.4 Å². The number of benzene rings is 3. The van der Waals surface area contributed by atoms with Gasteiger partial charge in [0, 0.05) is 36.1 Å². The van der Waals surface area contributed by atoms with Crippen molar-refractivity contribution in [3.8, 4) is 0 Å². The lowest BCUT2D eigenvalue weighted by molar-refractivity contribution is -0.141. The second-order valence-electron chi connectivity index (χ2n) is 9.21. The maximum atomic E-state index is 13.7.